The lowest BCUT2D eigenvalue weighted by Gasteiger charge is -2.10. The first-order valence-corrected chi connectivity index (χ1v) is 4.24. The van der Waals surface area contributed by atoms with E-state index in [1.54, 1.807) is 6.92 Å². The molecule has 2 N–H and O–H groups in total. The van der Waals surface area contributed by atoms with Gasteiger partial charge in [0, 0.05) is 10.2 Å². The van der Waals surface area contributed by atoms with Gasteiger partial charge in [0.15, 0.2) is 0 Å². The summed E-state index contributed by atoms with van der Waals surface area (Å²) in [4.78, 5) is 0. The highest BCUT2D eigenvalue weighted by atomic mass is 79.9. The fraction of sp³-hybridized carbons (Fsp3) is 0.250. The van der Waals surface area contributed by atoms with Crippen molar-refractivity contribution in [2.75, 3.05) is 5.73 Å². The zero-order valence-electron chi connectivity index (χ0n) is 6.74. The van der Waals surface area contributed by atoms with Crippen molar-refractivity contribution in [2.45, 2.75) is 13.1 Å². The van der Waals surface area contributed by atoms with Crippen LogP contribution in [0.25, 0.3) is 0 Å². The van der Waals surface area contributed by atoms with Gasteiger partial charge in [-0.1, -0.05) is 0 Å². The first kappa shape index (κ1) is 10.4. The number of nitrogen functional groups attached to an aromatic ring is 1. The van der Waals surface area contributed by atoms with Crippen molar-refractivity contribution in [3.63, 3.8) is 0 Å². The van der Waals surface area contributed by atoms with E-state index in [1.165, 1.54) is 0 Å². The molecule has 5 heteroatoms. The number of alkyl halides is 3. The molecule has 0 aliphatic heterocycles. The van der Waals surface area contributed by atoms with E-state index in [4.69, 9.17) is 5.73 Å². The van der Waals surface area contributed by atoms with Gasteiger partial charge in [-0.3, -0.25) is 0 Å². The molecule has 0 aliphatic rings. The van der Waals surface area contributed by atoms with Crippen LogP contribution in [0.5, 0.6) is 0 Å². The Labute approximate surface area is 81.9 Å². The summed E-state index contributed by atoms with van der Waals surface area (Å²) in [6, 6.07) is 1.97. The number of benzene rings is 1. The van der Waals surface area contributed by atoms with Gasteiger partial charge in [0.25, 0.3) is 0 Å². The molecule has 1 nitrogen and oxygen atoms in total. The van der Waals surface area contributed by atoms with Crippen molar-refractivity contribution >= 4 is 21.6 Å². The van der Waals surface area contributed by atoms with Crippen molar-refractivity contribution < 1.29 is 13.2 Å². The normalized spacial score (nSPS) is 11.8. The van der Waals surface area contributed by atoms with Crippen LogP contribution in [-0.4, -0.2) is 0 Å². The quantitative estimate of drug-likeness (QED) is 0.706. The van der Waals surface area contributed by atoms with E-state index in [2.05, 4.69) is 15.9 Å². The summed E-state index contributed by atoms with van der Waals surface area (Å²) in [5, 5.41) is 0. The average molecular weight is 254 g/mol. The molecular formula is C8H7BrF3N. The molecule has 72 valence electrons. The van der Waals surface area contributed by atoms with Crippen LogP contribution < -0.4 is 5.73 Å². The lowest BCUT2D eigenvalue weighted by Crippen LogP contribution is -2.06. The van der Waals surface area contributed by atoms with E-state index in [0.29, 0.717) is 10.0 Å². The van der Waals surface area contributed by atoms with Crippen molar-refractivity contribution in [1.82, 2.24) is 0 Å². The molecule has 0 aliphatic carbocycles. The van der Waals surface area contributed by atoms with Gasteiger partial charge in [-0.2, -0.15) is 13.2 Å². The number of halogens is 4. The summed E-state index contributed by atoms with van der Waals surface area (Å²) in [7, 11) is 0. The van der Waals surface area contributed by atoms with Crippen LogP contribution in [-0.2, 0) is 6.18 Å². The van der Waals surface area contributed by atoms with E-state index in [0.717, 1.165) is 12.1 Å². The van der Waals surface area contributed by atoms with Gasteiger partial charge < -0.3 is 5.73 Å². The molecule has 0 fully saturated rings. The second kappa shape index (κ2) is 3.21. The summed E-state index contributed by atoms with van der Waals surface area (Å²) in [6.45, 7) is 1.57. The molecular weight excluding hydrogens is 247 g/mol. The van der Waals surface area contributed by atoms with Gasteiger partial charge in [0.05, 0.1) is 5.56 Å². The molecule has 0 heterocycles. The second-order valence-corrected chi connectivity index (χ2v) is 3.49. The zero-order valence-corrected chi connectivity index (χ0v) is 8.33. The molecule has 0 aromatic heterocycles. The maximum absolute atomic E-state index is 12.2. The molecule has 0 atom stereocenters. The van der Waals surface area contributed by atoms with Gasteiger partial charge in [-0.05, 0) is 40.5 Å². The van der Waals surface area contributed by atoms with Gasteiger partial charge >= 0.3 is 6.18 Å². The minimum atomic E-state index is -4.33. The predicted octanol–water partition coefficient (Wildman–Crippen LogP) is 3.36. The van der Waals surface area contributed by atoms with Crippen LogP contribution in [0.4, 0.5) is 18.9 Å². The van der Waals surface area contributed by atoms with Gasteiger partial charge in [-0.25, -0.2) is 0 Å². The average Bonchev–Trinajstić information content (AvgIpc) is 1.97. The molecule has 0 radical (unpaired) electrons. The molecule has 0 bridgehead atoms. The monoisotopic (exact) mass is 253 g/mol. The summed E-state index contributed by atoms with van der Waals surface area (Å²) < 4.78 is 37.1. The van der Waals surface area contributed by atoms with E-state index in [1.807, 2.05) is 0 Å². The summed E-state index contributed by atoms with van der Waals surface area (Å²) >= 11 is 3.09. The van der Waals surface area contributed by atoms with Gasteiger partial charge in [0.1, 0.15) is 0 Å². The Balaban J connectivity index is 3.29. The topological polar surface area (TPSA) is 26.0 Å². The van der Waals surface area contributed by atoms with Crippen LogP contribution >= 0.6 is 15.9 Å². The van der Waals surface area contributed by atoms with Crippen molar-refractivity contribution in [3.8, 4) is 0 Å². The smallest absolute Gasteiger partial charge is 0.398 e. The number of hydrogen-bond donors (Lipinski definition) is 1. The molecule has 13 heavy (non-hydrogen) atoms. The fourth-order valence-electron chi connectivity index (χ4n) is 0.961. The molecule has 0 unspecified atom stereocenters. The molecule has 1 aromatic carbocycles. The molecule has 1 aromatic rings. The maximum Gasteiger partial charge on any atom is 0.416 e. The van der Waals surface area contributed by atoms with Crippen LogP contribution in [0.3, 0.4) is 0 Å². The first-order valence-electron chi connectivity index (χ1n) is 3.45. The molecule has 0 saturated heterocycles. The maximum atomic E-state index is 12.2. The van der Waals surface area contributed by atoms with E-state index in [-0.39, 0.29) is 5.69 Å². The van der Waals surface area contributed by atoms with Crippen LogP contribution in [0.15, 0.2) is 16.6 Å². The van der Waals surface area contributed by atoms with Gasteiger partial charge in [-0.15, -0.1) is 0 Å². The largest absolute Gasteiger partial charge is 0.416 e. The van der Waals surface area contributed by atoms with Crippen LogP contribution in [0, 0.1) is 6.92 Å². The standard InChI is InChI=1S/C8H7BrF3N/c1-4-2-5(8(10,11)12)3-6(13)7(4)9/h2-3H,13H2,1H3. The third-order valence-electron chi connectivity index (χ3n) is 1.61. The lowest BCUT2D eigenvalue weighted by atomic mass is 10.1. The Morgan fingerprint density at radius 3 is 2.23 bits per heavy atom. The van der Waals surface area contributed by atoms with Crippen molar-refractivity contribution in [2.24, 2.45) is 0 Å². The number of anilines is 1. The number of aryl methyl sites for hydroxylation is 1. The molecule has 0 amide bonds. The van der Waals surface area contributed by atoms with Crippen molar-refractivity contribution in [1.29, 1.82) is 0 Å². The Bertz CT molecular complexity index is 310. The third-order valence-corrected chi connectivity index (χ3v) is 2.69. The summed E-state index contributed by atoms with van der Waals surface area (Å²) in [5.41, 5.74) is 5.24. The Hall–Kier alpha value is -0.710. The minimum absolute atomic E-state index is 0.104. The second-order valence-electron chi connectivity index (χ2n) is 2.69. The SMILES string of the molecule is Cc1cc(C(F)(F)F)cc(N)c1Br. The zero-order chi connectivity index (χ0) is 10.2. The number of rotatable bonds is 0. The molecule has 0 saturated carbocycles. The van der Waals surface area contributed by atoms with Crippen LogP contribution in [0.2, 0.25) is 0 Å². The number of hydrogen-bond acceptors (Lipinski definition) is 1. The Morgan fingerprint density at radius 1 is 1.31 bits per heavy atom. The number of nitrogens with two attached hydrogens (primary N) is 1. The third kappa shape index (κ3) is 2.15. The molecule has 1 rings (SSSR count). The van der Waals surface area contributed by atoms with Crippen molar-refractivity contribution in [3.05, 3.63) is 27.7 Å². The van der Waals surface area contributed by atoms with Gasteiger partial charge in [0.2, 0.25) is 0 Å². The van der Waals surface area contributed by atoms with E-state index >= 15 is 0 Å². The first-order chi connectivity index (χ1) is 5.82. The fourth-order valence-corrected chi connectivity index (χ4v) is 1.19. The highest BCUT2D eigenvalue weighted by Crippen LogP contribution is 2.34. The van der Waals surface area contributed by atoms with Crippen LogP contribution in [0.1, 0.15) is 11.1 Å². The lowest BCUT2D eigenvalue weighted by molar-refractivity contribution is -0.137. The minimum Gasteiger partial charge on any atom is -0.398 e. The van der Waals surface area contributed by atoms with E-state index < -0.39 is 11.7 Å². The summed E-state index contributed by atoms with van der Waals surface area (Å²) in [5.74, 6) is 0. The summed E-state index contributed by atoms with van der Waals surface area (Å²) in [6.07, 6.45) is -4.33. The Kier molecular flexibility index (Phi) is 2.56. The van der Waals surface area contributed by atoms with E-state index in [9.17, 15) is 13.2 Å². The predicted molar refractivity (Wildman–Crippen MR) is 48.3 cm³/mol. The Morgan fingerprint density at radius 2 is 1.85 bits per heavy atom. The molecule has 0 spiro atoms. The highest BCUT2D eigenvalue weighted by molar-refractivity contribution is 9.10. The highest BCUT2D eigenvalue weighted by Gasteiger charge is 2.31.